The van der Waals surface area contributed by atoms with E-state index in [0.717, 1.165) is 11.3 Å². The first kappa shape index (κ1) is 13.5. The summed E-state index contributed by atoms with van der Waals surface area (Å²) >= 11 is 0. The maximum atomic E-state index is 11.7. The van der Waals surface area contributed by atoms with Gasteiger partial charge in [-0.25, -0.2) is 9.48 Å². The van der Waals surface area contributed by atoms with Crippen LogP contribution in [0.5, 0.6) is 0 Å². The van der Waals surface area contributed by atoms with Gasteiger partial charge in [0.1, 0.15) is 0 Å². The van der Waals surface area contributed by atoms with Gasteiger partial charge in [0.25, 0.3) is 0 Å². The molecule has 1 aliphatic rings. The van der Waals surface area contributed by atoms with Crippen molar-refractivity contribution in [2.75, 3.05) is 6.54 Å². The largest absolute Gasteiger partial charge is 0.368 e. The van der Waals surface area contributed by atoms with Crippen molar-refractivity contribution in [1.82, 2.24) is 30.6 Å². The summed E-state index contributed by atoms with van der Waals surface area (Å²) in [7, 11) is 0. The number of hydrogen-bond donors (Lipinski definition) is 2. The minimum atomic E-state index is -0.230. The molecule has 3 heterocycles. The van der Waals surface area contributed by atoms with Gasteiger partial charge in [0.2, 0.25) is 0 Å². The van der Waals surface area contributed by atoms with Crippen LogP contribution in [0.25, 0.3) is 0 Å². The Bertz CT molecular complexity index is 600. The van der Waals surface area contributed by atoms with Gasteiger partial charge in [-0.3, -0.25) is 4.98 Å². The highest BCUT2D eigenvalue weighted by Gasteiger charge is 2.20. The molecule has 8 heteroatoms. The second-order valence-electron chi connectivity index (χ2n) is 4.77. The van der Waals surface area contributed by atoms with Crippen LogP contribution in [-0.4, -0.2) is 38.7 Å². The second-order valence-corrected chi connectivity index (χ2v) is 4.77. The normalized spacial score (nSPS) is 17.0. The molecule has 2 amide bonds. The van der Waals surface area contributed by atoms with Crippen molar-refractivity contribution in [1.29, 1.82) is 0 Å². The van der Waals surface area contributed by atoms with Crippen LogP contribution in [0.4, 0.5) is 4.79 Å². The van der Waals surface area contributed by atoms with E-state index < -0.39 is 0 Å². The molecule has 0 bridgehead atoms. The van der Waals surface area contributed by atoms with Gasteiger partial charge >= 0.3 is 6.03 Å². The van der Waals surface area contributed by atoms with E-state index >= 15 is 0 Å². The van der Waals surface area contributed by atoms with E-state index in [1.165, 1.54) is 0 Å². The maximum absolute atomic E-state index is 11.7. The van der Waals surface area contributed by atoms with Gasteiger partial charge in [0.05, 0.1) is 31.1 Å². The van der Waals surface area contributed by atoms with Gasteiger partial charge in [-0.2, -0.15) is 0 Å². The van der Waals surface area contributed by atoms with Crippen molar-refractivity contribution in [3.05, 3.63) is 42.0 Å². The highest BCUT2D eigenvalue weighted by molar-refractivity contribution is 5.73. The summed E-state index contributed by atoms with van der Waals surface area (Å²) in [5.74, 6) is 0. The minimum absolute atomic E-state index is 0.0941. The SMILES string of the molecule is O=C(NCc1cccnc1)NCC1Cn2nncc2CO1. The third-order valence-corrected chi connectivity index (χ3v) is 3.21. The molecule has 3 rings (SSSR count). The van der Waals surface area contributed by atoms with Crippen LogP contribution in [-0.2, 0) is 24.4 Å². The molecule has 21 heavy (non-hydrogen) atoms. The number of carbonyl (C=O) groups is 1. The van der Waals surface area contributed by atoms with Gasteiger partial charge < -0.3 is 15.4 Å². The van der Waals surface area contributed by atoms with Crippen molar-refractivity contribution >= 4 is 6.03 Å². The van der Waals surface area contributed by atoms with Crippen LogP contribution in [0.3, 0.4) is 0 Å². The second kappa shape index (κ2) is 6.31. The zero-order valence-electron chi connectivity index (χ0n) is 11.4. The van der Waals surface area contributed by atoms with Crippen molar-refractivity contribution < 1.29 is 9.53 Å². The molecule has 1 unspecified atom stereocenters. The Morgan fingerprint density at radius 2 is 2.38 bits per heavy atom. The zero-order chi connectivity index (χ0) is 14.5. The van der Waals surface area contributed by atoms with Gasteiger partial charge in [-0.1, -0.05) is 11.3 Å². The third kappa shape index (κ3) is 3.54. The maximum Gasteiger partial charge on any atom is 0.315 e. The van der Waals surface area contributed by atoms with Gasteiger partial charge in [-0.05, 0) is 11.6 Å². The molecule has 8 nitrogen and oxygen atoms in total. The number of nitrogens with one attached hydrogen (secondary N) is 2. The third-order valence-electron chi connectivity index (χ3n) is 3.21. The summed E-state index contributed by atoms with van der Waals surface area (Å²) in [6.07, 6.45) is 5.01. The number of urea groups is 1. The Hall–Kier alpha value is -2.48. The molecular formula is C13H16N6O2. The molecule has 2 N–H and O–H groups in total. The van der Waals surface area contributed by atoms with E-state index in [-0.39, 0.29) is 12.1 Å². The predicted molar refractivity (Wildman–Crippen MR) is 73.1 cm³/mol. The molecule has 0 radical (unpaired) electrons. The molecule has 0 aromatic carbocycles. The molecule has 0 saturated carbocycles. The van der Waals surface area contributed by atoms with Gasteiger partial charge in [-0.15, -0.1) is 5.10 Å². The zero-order valence-corrected chi connectivity index (χ0v) is 11.4. The summed E-state index contributed by atoms with van der Waals surface area (Å²) in [5, 5.41) is 13.3. The van der Waals surface area contributed by atoms with E-state index in [1.54, 1.807) is 23.3 Å². The molecule has 1 aliphatic heterocycles. The Balaban J connectivity index is 1.40. The average Bonchev–Trinajstić information content (AvgIpc) is 2.99. The summed E-state index contributed by atoms with van der Waals surface area (Å²) in [6.45, 7) is 1.94. The van der Waals surface area contributed by atoms with Crippen LogP contribution in [0.2, 0.25) is 0 Å². The van der Waals surface area contributed by atoms with Crippen LogP contribution < -0.4 is 10.6 Å². The topological polar surface area (TPSA) is 94.0 Å². The smallest absolute Gasteiger partial charge is 0.315 e. The molecule has 1 atom stereocenters. The predicted octanol–water partition coefficient (Wildman–Crippen LogP) is 0.0713. The van der Waals surface area contributed by atoms with Crippen molar-refractivity contribution in [3.8, 4) is 0 Å². The van der Waals surface area contributed by atoms with Crippen molar-refractivity contribution in [2.45, 2.75) is 25.8 Å². The standard InChI is InChI=1S/C13H16N6O2/c20-13(15-5-10-2-1-3-14-4-10)16-7-12-8-19-11(9-21-12)6-17-18-19/h1-4,6,12H,5,7-9H2,(H2,15,16,20). The molecule has 0 spiro atoms. The molecule has 0 aliphatic carbocycles. The fourth-order valence-electron chi connectivity index (χ4n) is 2.07. The van der Waals surface area contributed by atoms with Crippen LogP contribution >= 0.6 is 0 Å². The first-order valence-electron chi connectivity index (χ1n) is 6.71. The summed E-state index contributed by atoms with van der Waals surface area (Å²) in [6, 6.07) is 3.51. The highest BCUT2D eigenvalue weighted by Crippen LogP contribution is 2.10. The van der Waals surface area contributed by atoms with Crippen molar-refractivity contribution in [3.63, 3.8) is 0 Å². The summed E-state index contributed by atoms with van der Waals surface area (Å²) in [5.41, 5.74) is 1.90. The summed E-state index contributed by atoms with van der Waals surface area (Å²) in [4.78, 5) is 15.7. The molecule has 110 valence electrons. The van der Waals surface area contributed by atoms with E-state index in [2.05, 4.69) is 25.9 Å². The number of ether oxygens (including phenoxy) is 1. The Morgan fingerprint density at radius 3 is 3.24 bits per heavy atom. The molecule has 2 aromatic heterocycles. The number of fused-ring (bicyclic) bond motifs is 1. The minimum Gasteiger partial charge on any atom is -0.368 e. The van der Waals surface area contributed by atoms with E-state index in [0.29, 0.717) is 26.2 Å². The van der Waals surface area contributed by atoms with Crippen molar-refractivity contribution in [2.24, 2.45) is 0 Å². The number of nitrogens with zero attached hydrogens (tertiary/aromatic N) is 4. The number of aromatic nitrogens is 4. The molecule has 0 fully saturated rings. The molecular weight excluding hydrogens is 272 g/mol. The monoisotopic (exact) mass is 288 g/mol. The fourth-order valence-corrected chi connectivity index (χ4v) is 2.07. The Morgan fingerprint density at radius 1 is 1.43 bits per heavy atom. The number of amides is 2. The molecule has 0 saturated heterocycles. The Labute approximate surface area is 121 Å². The first-order chi connectivity index (χ1) is 10.3. The average molecular weight is 288 g/mol. The van der Waals surface area contributed by atoms with E-state index in [9.17, 15) is 4.79 Å². The number of rotatable bonds is 4. The van der Waals surface area contributed by atoms with Crippen LogP contribution in [0.1, 0.15) is 11.3 Å². The van der Waals surface area contributed by atoms with E-state index in [1.807, 2.05) is 12.1 Å². The van der Waals surface area contributed by atoms with E-state index in [4.69, 9.17) is 4.74 Å². The summed E-state index contributed by atoms with van der Waals surface area (Å²) < 4.78 is 7.42. The van der Waals surface area contributed by atoms with Gasteiger partial charge in [0.15, 0.2) is 0 Å². The van der Waals surface area contributed by atoms with Crippen LogP contribution in [0.15, 0.2) is 30.7 Å². The quantitative estimate of drug-likeness (QED) is 0.830. The number of pyridine rings is 1. The number of hydrogen-bond acceptors (Lipinski definition) is 5. The lowest BCUT2D eigenvalue weighted by Gasteiger charge is -2.23. The van der Waals surface area contributed by atoms with Crippen LogP contribution in [0, 0.1) is 0 Å². The van der Waals surface area contributed by atoms with Gasteiger partial charge in [0, 0.05) is 25.5 Å². The number of carbonyl (C=O) groups excluding carboxylic acids is 1. The Kier molecular flexibility index (Phi) is 4.06. The lowest BCUT2D eigenvalue weighted by atomic mass is 10.3. The lowest BCUT2D eigenvalue weighted by molar-refractivity contribution is 0.00263. The lowest BCUT2D eigenvalue weighted by Crippen LogP contribution is -2.43. The fraction of sp³-hybridized carbons (Fsp3) is 0.385. The highest BCUT2D eigenvalue weighted by atomic mass is 16.5. The molecule has 2 aromatic rings. The first-order valence-corrected chi connectivity index (χ1v) is 6.71.